The van der Waals surface area contributed by atoms with Crippen molar-refractivity contribution < 1.29 is 28.7 Å². The summed E-state index contributed by atoms with van der Waals surface area (Å²) in [5.74, 6) is -1.87. The van der Waals surface area contributed by atoms with E-state index in [-0.39, 0.29) is 23.7 Å². The van der Waals surface area contributed by atoms with Gasteiger partial charge in [-0.05, 0) is 32.0 Å². The first-order valence-corrected chi connectivity index (χ1v) is 7.42. The van der Waals surface area contributed by atoms with E-state index >= 15 is 0 Å². The molecule has 0 spiro atoms. The Bertz CT molecular complexity index is 638. The van der Waals surface area contributed by atoms with Gasteiger partial charge in [0.05, 0.1) is 31.9 Å². The highest BCUT2D eigenvalue weighted by Gasteiger charge is 2.15. The number of nitrogens with one attached hydrogen (secondary N) is 3. The van der Waals surface area contributed by atoms with Gasteiger partial charge in [0.15, 0.2) is 0 Å². The Kier molecular flexibility index (Phi) is 7.39. The largest absolute Gasteiger partial charge is 0.465 e. The van der Waals surface area contributed by atoms with E-state index in [2.05, 4.69) is 25.4 Å². The van der Waals surface area contributed by atoms with Crippen LogP contribution in [-0.4, -0.2) is 50.7 Å². The lowest BCUT2D eigenvalue weighted by molar-refractivity contribution is -0.118. The molecule has 0 aliphatic rings. The second-order valence-electron chi connectivity index (χ2n) is 5.31. The third-order valence-electron chi connectivity index (χ3n) is 2.90. The maximum Gasteiger partial charge on any atom is 0.337 e. The second-order valence-corrected chi connectivity index (χ2v) is 5.31. The maximum atomic E-state index is 11.7. The minimum atomic E-state index is -0.644. The molecular formula is C16H21N3O6. The van der Waals surface area contributed by atoms with Crippen LogP contribution in [0.3, 0.4) is 0 Å². The van der Waals surface area contributed by atoms with E-state index in [1.165, 1.54) is 32.4 Å². The van der Waals surface area contributed by atoms with Crippen molar-refractivity contribution in [3.05, 3.63) is 29.3 Å². The zero-order valence-corrected chi connectivity index (χ0v) is 14.5. The van der Waals surface area contributed by atoms with Crippen molar-refractivity contribution in [3.8, 4) is 0 Å². The van der Waals surface area contributed by atoms with Crippen molar-refractivity contribution in [1.82, 2.24) is 10.6 Å². The Morgan fingerprint density at radius 2 is 1.48 bits per heavy atom. The molecule has 9 heteroatoms. The van der Waals surface area contributed by atoms with Crippen molar-refractivity contribution in [2.45, 2.75) is 19.9 Å². The molecule has 0 unspecified atom stereocenters. The Morgan fingerprint density at radius 1 is 0.960 bits per heavy atom. The zero-order valence-electron chi connectivity index (χ0n) is 14.5. The van der Waals surface area contributed by atoms with Gasteiger partial charge in [0.25, 0.3) is 0 Å². The van der Waals surface area contributed by atoms with Gasteiger partial charge in [-0.2, -0.15) is 0 Å². The molecule has 0 aliphatic carbocycles. The number of hydrogen-bond donors (Lipinski definition) is 3. The Balaban J connectivity index is 2.83. The summed E-state index contributed by atoms with van der Waals surface area (Å²) in [4.78, 5) is 46.5. The van der Waals surface area contributed by atoms with Crippen molar-refractivity contribution in [2.75, 3.05) is 26.1 Å². The lowest BCUT2D eigenvalue weighted by Gasteiger charge is -2.11. The number of ether oxygens (including phenoxy) is 2. The van der Waals surface area contributed by atoms with Crippen molar-refractivity contribution >= 4 is 29.6 Å². The van der Waals surface area contributed by atoms with Gasteiger partial charge in [-0.15, -0.1) is 0 Å². The smallest absolute Gasteiger partial charge is 0.337 e. The summed E-state index contributed by atoms with van der Waals surface area (Å²) in [7, 11) is 2.42. The summed E-state index contributed by atoms with van der Waals surface area (Å²) in [6.07, 6.45) is 0. The first-order valence-electron chi connectivity index (χ1n) is 7.42. The number of benzene rings is 1. The van der Waals surface area contributed by atoms with E-state index in [0.717, 1.165) is 0 Å². The van der Waals surface area contributed by atoms with Crippen LogP contribution in [0.25, 0.3) is 0 Å². The molecule has 1 aromatic rings. The quantitative estimate of drug-likeness (QED) is 0.651. The molecule has 0 fully saturated rings. The van der Waals surface area contributed by atoms with Gasteiger partial charge in [-0.25, -0.2) is 14.4 Å². The van der Waals surface area contributed by atoms with Crippen LogP contribution in [0.15, 0.2) is 18.2 Å². The summed E-state index contributed by atoms with van der Waals surface area (Å²) in [5, 5.41) is 7.39. The third-order valence-corrected chi connectivity index (χ3v) is 2.90. The highest BCUT2D eigenvalue weighted by molar-refractivity contribution is 5.98. The summed E-state index contributed by atoms with van der Waals surface area (Å²) in [6, 6.07) is 3.43. The standard InChI is InChI=1S/C16H21N3O6/c1-9(2)18-16(23)19-13(20)8-17-12-6-10(14(21)24-3)5-11(7-12)15(22)25-4/h5-7,9,17H,8H2,1-4H3,(H2,18,19,20,23). The number of methoxy groups -OCH3 is 2. The monoisotopic (exact) mass is 351 g/mol. The van der Waals surface area contributed by atoms with E-state index < -0.39 is 23.9 Å². The average Bonchev–Trinajstić information content (AvgIpc) is 2.57. The number of urea groups is 1. The lowest BCUT2D eigenvalue weighted by atomic mass is 10.1. The maximum absolute atomic E-state index is 11.7. The number of hydrogen-bond acceptors (Lipinski definition) is 7. The van der Waals surface area contributed by atoms with Gasteiger partial charge in [-0.3, -0.25) is 10.1 Å². The molecule has 0 atom stereocenters. The highest BCUT2D eigenvalue weighted by Crippen LogP contribution is 2.16. The van der Waals surface area contributed by atoms with E-state index in [1.807, 2.05) is 0 Å². The summed E-state index contributed by atoms with van der Waals surface area (Å²) in [6.45, 7) is 3.28. The van der Waals surface area contributed by atoms with E-state index in [9.17, 15) is 19.2 Å². The number of carbonyl (C=O) groups excluding carboxylic acids is 4. The molecule has 3 amide bonds. The van der Waals surface area contributed by atoms with Crippen molar-refractivity contribution in [3.63, 3.8) is 0 Å². The Labute approximate surface area is 145 Å². The molecular weight excluding hydrogens is 330 g/mol. The number of imide groups is 1. The molecule has 0 bridgehead atoms. The lowest BCUT2D eigenvalue weighted by Crippen LogP contribution is -2.44. The third kappa shape index (κ3) is 6.50. The van der Waals surface area contributed by atoms with Crippen LogP contribution in [0.4, 0.5) is 10.5 Å². The fourth-order valence-electron chi connectivity index (χ4n) is 1.85. The molecule has 0 aromatic heterocycles. The number of esters is 2. The first kappa shape index (κ1) is 19.9. The normalized spacial score (nSPS) is 9.96. The number of rotatable bonds is 6. The fourth-order valence-corrected chi connectivity index (χ4v) is 1.85. The first-order chi connectivity index (χ1) is 11.8. The average molecular weight is 351 g/mol. The van der Waals surface area contributed by atoms with E-state index in [0.29, 0.717) is 5.69 Å². The van der Waals surface area contributed by atoms with Gasteiger partial charge in [-0.1, -0.05) is 0 Å². The molecule has 1 rings (SSSR count). The molecule has 0 radical (unpaired) electrons. The molecule has 0 saturated heterocycles. The van der Waals surface area contributed by atoms with Crippen LogP contribution in [0.5, 0.6) is 0 Å². The van der Waals surface area contributed by atoms with Crippen LogP contribution in [-0.2, 0) is 14.3 Å². The topological polar surface area (TPSA) is 123 Å². The summed E-state index contributed by atoms with van der Waals surface area (Å²) in [5.41, 5.74) is 0.555. The molecule has 0 heterocycles. The second kappa shape index (κ2) is 9.26. The Hall–Kier alpha value is -3.10. The van der Waals surface area contributed by atoms with Crippen LogP contribution in [0.2, 0.25) is 0 Å². The summed E-state index contributed by atoms with van der Waals surface area (Å²) >= 11 is 0. The molecule has 3 N–H and O–H groups in total. The molecule has 0 saturated carbocycles. The molecule has 136 valence electrons. The van der Waals surface area contributed by atoms with Crippen LogP contribution in [0.1, 0.15) is 34.6 Å². The molecule has 25 heavy (non-hydrogen) atoms. The predicted octanol–water partition coefficient (Wildman–Crippen LogP) is 0.906. The molecule has 1 aromatic carbocycles. The van der Waals surface area contributed by atoms with Crippen molar-refractivity contribution in [2.24, 2.45) is 0 Å². The molecule has 9 nitrogen and oxygen atoms in total. The molecule has 0 aliphatic heterocycles. The Morgan fingerprint density at radius 3 is 1.92 bits per heavy atom. The van der Waals surface area contributed by atoms with Crippen LogP contribution >= 0.6 is 0 Å². The minimum absolute atomic E-state index is 0.111. The number of amides is 3. The van der Waals surface area contributed by atoms with Gasteiger partial charge in [0.1, 0.15) is 0 Å². The van der Waals surface area contributed by atoms with Gasteiger partial charge in [0, 0.05) is 11.7 Å². The van der Waals surface area contributed by atoms with Gasteiger partial charge < -0.3 is 20.1 Å². The van der Waals surface area contributed by atoms with Gasteiger partial charge >= 0.3 is 18.0 Å². The fraction of sp³-hybridized carbons (Fsp3) is 0.375. The van der Waals surface area contributed by atoms with Crippen LogP contribution < -0.4 is 16.0 Å². The van der Waals surface area contributed by atoms with E-state index in [4.69, 9.17) is 0 Å². The number of carbonyl (C=O) groups is 4. The van der Waals surface area contributed by atoms with Crippen LogP contribution in [0, 0.1) is 0 Å². The summed E-state index contributed by atoms with van der Waals surface area (Å²) < 4.78 is 9.25. The zero-order chi connectivity index (χ0) is 19.0. The highest BCUT2D eigenvalue weighted by atomic mass is 16.5. The van der Waals surface area contributed by atoms with Gasteiger partial charge in [0.2, 0.25) is 5.91 Å². The number of anilines is 1. The SMILES string of the molecule is COC(=O)c1cc(NCC(=O)NC(=O)NC(C)C)cc(C(=O)OC)c1. The van der Waals surface area contributed by atoms with E-state index in [1.54, 1.807) is 13.8 Å². The minimum Gasteiger partial charge on any atom is -0.465 e. The van der Waals surface area contributed by atoms with Crippen molar-refractivity contribution in [1.29, 1.82) is 0 Å². The predicted molar refractivity (Wildman–Crippen MR) is 89.4 cm³/mol.